The summed E-state index contributed by atoms with van der Waals surface area (Å²) in [5, 5.41) is 0. The molecule has 0 rings (SSSR count). The molecule has 0 aromatic rings. The number of ether oxygens (including phenoxy) is 3. The maximum atomic E-state index is 12.8. The number of hydrogen-bond donors (Lipinski definition) is 0. The molecule has 0 saturated carbocycles. The quantitative estimate of drug-likeness (QED) is 0.0262. The predicted octanol–water partition coefficient (Wildman–Crippen LogP) is 18.5. The molecule has 67 heavy (non-hydrogen) atoms. The number of carbonyl (C=O) groups excluding carboxylic acids is 3. The van der Waals surface area contributed by atoms with E-state index in [4.69, 9.17) is 14.2 Å². The maximum absolute atomic E-state index is 12.8. The lowest BCUT2D eigenvalue weighted by Gasteiger charge is -2.18. The smallest absolute Gasteiger partial charge is 0.306 e. The Balaban J connectivity index is 4.42. The monoisotopic (exact) mass is 931 g/mol. The maximum Gasteiger partial charge on any atom is 0.306 e. The van der Waals surface area contributed by atoms with E-state index in [-0.39, 0.29) is 37.5 Å². The molecule has 1 atom stereocenters. The molecule has 0 amide bonds. The lowest BCUT2D eigenvalue weighted by atomic mass is 10.0. The summed E-state index contributed by atoms with van der Waals surface area (Å²) in [5.41, 5.74) is 0. The van der Waals surface area contributed by atoms with Gasteiger partial charge in [-0.2, -0.15) is 0 Å². The zero-order valence-electron chi connectivity index (χ0n) is 43.6. The van der Waals surface area contributed by atoms with Crippen LogP contribution in [0.2, 0.25) is 0 Å². The Bertz CT molecular complexity index is 1350. The normalized spacial score (nSPS) is 12.8. The van der Waals surface area contributed by atoms with Crippen molar-refractivity contribution in [1.82, 2.24) is 0 Å². The van der Waals surface area contributed by atoms with Crippen LogP contribution in [0, 0.1) is 0 Å². The summed E-state index contributed by atoms with van der Waals surface area (Å²) >= 11 is 0. The fourth-order valence-electron chi connectivity index (χ4n) is 7.43. The second-order valence-electron chi connectivity index (χ2n) is 18.1. The van der Waals surface area contributed by atoms with E-state index >= 15 is 0 Å². The van der Waals surface area contributed by atoms with E-state index in [2.05, 4.69) is 118 Å². The number of rotatable bonds is 49. The molecule has 0 aliphatic rings. The van der Waals surface area contributed by atoms with Crippen molar-refractivity contribution < 1.29 is 28.6 Å². The van der Waals surface area contributed by atoms with Crippen LogP contribution in [0.25, 0.3) is 0 Å². The number of allylic oxidation sites excluding steroid dienone is 16. The Hall–Kier alpha value is -3.67. The second kappa shape index (κ2) is 54.9. The molecule has 0 radical (unpaired) electrons. The first-order chi connectivity index (χ1) is 33.0. The first-order valence-electron chi connectivity index (χ1n) is 27.7. The molecule has 0 aliphatic carbocycles. The molecule has 0 spiro atoms. The van der Waals surface area contributed by atoms with Gasteiger partial charge in [0.2, 0.25) is 0 Å². The zero-order valence-corrected chi connectivity index (χ0v) is 43.6. The summed E-state index contributed by atoms with van der Waals surface area (Å²) in [7, 11) is 0. The molecular weight excluding hydrogens is 829 g/mol. The van der Waals surface area contributed by atoms with Crippen molar-refractivity contribution in [1.29, 1.82) is 0 Å². The second-order valence-corrected chi connectivity index (χ2v) is 18.1. The van der Waals surface area contributed by atoms with E-state index < -0.39 is 6.10 Å². The fraction of sp³-hybridized carbons (Fsp3) is 0.689. The SMILES string of the molecule is CC/C=C\C/C=C\C/C=C\C/C=C\C/C=C\C/C=C\C/C=C\CCCC(=O)OCC(COC(=O)CCCCCCC/C=C\CCC)OC(=O)CCCCCCCCCCCCCCCCCC. The summed E-state index contributed by atoms with van der Waals surface area (Å²) in [6, 6.07) is 0. The molecule has 1 unspecified atom stereocenters. The Morgan fingerprint density at radius 2 is 0.627 bits per heavy atom. The van der Waals surface area contributed by atoms with Gasteiger partial charge in [0.15, 0.2) is 6.10 Å². The Labute approximate surface area is 413 Å². The van der Waals surface area contributed by atoms with Crippen LogP contribution in [0.15, 0.2) is 97.2 Å². The summed E-state index contributed by atoms with van der Waals surface area (Å²) in [6.07, 6.45) is 72.6. The minimum absolute atomic E-state index is 0.0990. The number of hydrogen-bond acceptors (Lipinski definition) is 6. The van der Waals surface area contributed by atoms with Gasteiger partial charge >= 0.3 is 17.9 Å². The third kappa shape index (κ3) is 53.2. The average Bonchev–Trinajstić information content (AvgIpc) is 3.33. The Morgan fingerprint density at radius 3 is 1.04 bits per heavy atom. The highest BCUT2D eigenvalue weighted by Gasteiger charge is 2.19. The van der Waals surface area contributed by atoms with Crippen LogP contribution in [-0.2, 0) is 28.6 Å². The molecule has 0 heterocycles. The summed E-state index contributed by atoms with van der Waals surface area (Å²) in [6.45, 7) is 6.41. The van der Waals surface area contributed by atoms with Crippen LogP contribution in [-0.4, -0.2) is 37.2 Å². The third-order valence-electron chi connectivity index (χ3n) is 11.6. The van der Waals surface area contributed by atoms with Gasteiger partial charge in [0.25, 0.3) is 0 Å². The van der Waals surface area contributed by atoms with Gasteiger partial charge in [0.1, 0.15) is 13.2 Å². The third-order valence-corrected chi connectivity index (χ3v) is 11.6. The summed E-state index contributed by atoms with van der Waals surface area (Å²) in [4.78, 5) is 38.0. The van der Waals surface area contributed by atoms with Crippen molar-refractivity contribution in [3.05, 3.63) is 97.2 Å². The Kier molecular flexibility index (Phi) is 51.9. The van der Waals surface area contributed by atoms with E-state index in [1.54, 1.807) is 0 Å². The molecule has 0 aromatic carbocycles. The molecule has 0 fully saturated rings. The number of esters is 3. The predicted molar refractivity (Wildman–Crippen MR) is 288 cm³/mol. The molecule has 0 aliphatic heterocycles. The standard InChI is InChI=1S/C61H102O6/c1-4-7-10-13-16-19-22-24-26-28-29-30-31-32-33-34-36-37-39-42-45-48-51-54-60(63)66-57-58(56-65-59(62)53-50-47-44-41-21-18-15-12-9-6-3)67-61(64)55-52-49-46-43-40-38-35-27-25-23-20-17-14-11-8-5-2/h7,10,12,15-16,19,24,26,29-30,32-33,36-37,42,45,58H,4-6,8-9,11,13-14,17-18,20-23,25,27-28,31,34-35,38-41,43-44,46-57H2,1-3H3/b10-7-,15-12-,19-16-,26-24-,30-29-,33-32-,37-36-,45-42-. The first kappa shape index (κ1) is 63.3. The van der Waals surface area contributed by atoms with Gasteiger partial charge in [-0.05, 0) is 89.9 Å². The highest BCUT2D eigenvalue weighted by Crippen LogP contribution is 2.15. The highest BCUT2D eigenvalue weighted by molar-refractivity contribution is 5.71. The van der Waals surface area contributed by atoms with Crippen molar-refractivity contribution in [2.45, 2.75) is 258 Å². The van der Waals surface area contributed by atoms with Crippen LogP contribution < -0.4 is 0 Å². The highest BCUT2D eigenvalue weighted by atomic mass is 16.6. The van der Waals surface area contributed by atoms with Gasteiger partial charge in [-0.15, -0.1) is 0 Å². The van der Waals surface area contributed by atoms with Crippen molar-refractivity contribution in [2.75, 3.05) is 13.2 Å². The van der Waals surface area contributed by atoms with E-state index in [0.29, 0.717) is 19.3 Å². The summed E-state index contributed by atoms with van der Waals surface area (Å²) in [5.74, 6) is -0.969. The van der Waals surface area contributed by atoms with Gasteiger partial charge in [0.05, 0.1) is 0 Å². The summed E-state index contributed by atoms with van der Waals surface area (Å²) < 4.78 is 16.8. The molecule has 6 heteroatoms. The van der Waals surface area contributed by atoms with E-state index in [1.165, 1.54) is 96.3 Å². The average molecular weight is 931 g/mol. The van der Waals surface area contributed by atoms with Gasteiger partial charge in [-0.3, -0.25) is 14.4 Å². The van der Waals surface area contributed by atoms with Crippen molar-refractivity contribution in [3.8, 4) is 0 Å². The van der Waals surface area contributed by atoms with Crippen LogP contribution in [0.4, 0.5) is 0 Å². The molecule has 0 bridgehead atoms. The molecule has 0 N–H and O–H groups in total. The number of carbonyl (C=O) groups is 3. The lowest BCUT2D eigenvalue weighted by Crippen LogP contribution is -2.30. The van der Waals surface area contributed by atoms with Crippen molar-refractivity contribution >= 4 is 17.9 Å². The van der Waals surface area contributed by atoms with Crippen LogP contribution >= 0.6 is 0 Å². The molecular formula is C61H102O6. The van der Waals surface area contributed by atoms with Gasteiger partial charge in [-0.1, -0.05) is 240 Å². The minimum Gasteiger partial charge on any atom is -0.462 e. The number of unbranched alkanes of at least 4 members (excludes halogenated alkanes) is 22. The van der Waals surface area contributed by atoms with Gasteiger partial charge in [-0.25, -0.2) is 0 Å². The molecule has 0 saturated heterocycles. The molecule has 6 nitrogen and oxygen atoms in total. The first-order valence-corrected chi connectivity index (χ1v) is 27.7. The molecule has 382 valence electrons. The zero-order chi connectivity index (χ0) is 48.6. The van der Waals surface area contributed by atoms with Crippen LogP contribution in [0.3, 0.4) is 0 Å². The van der Waals surface area contributed by atoms with Gasteiger partial charge < -0.3 is 14.2 Å². The fourth-order valence-corrected chi connectivity index (χ4v) is 7.43. The minimum atomic E-state index is -0.802. The van der Waals surface area contributed by atoms with Crippen LogP contribution in [0.1, 0.15) is 252 Å². The topological polar surface area (TPSA) is 78.9 Å². The lowest BCUT2D eigenvalue weighted by molar-refractivity contribution is -0.167. The van der Waals surface area contributed by atoms with Crippen LogP contribution in [0.5, 0.6) is 0 Å². The van der Waals surface area contributed by atoms with E-state index in [1.807, 2.05) is 0 Å². The van der Waals surface area contributed by atoms with Gasteiger partial charge in [0, 0.05) is 19.3 Å². The van der Waals surface area contributed by atoms with Crippen molar-refractivity contribution in [3.63, 3.8) is 0 Å². The van der Waals surface area contributed by atoms with E-state index in [0.717, 1.165) is 109 Å². The van der Waals surface area contributed by atoms with Crippen molar-refractivity contribution in [2.24, 2.45) is 0 Å². The Morgan fingerprint density at radius 1 is 0.313 bits per heavy atom. The van der Waals surface area contributed by atoms with E-state index in [9.17, 15) is 14.4 Å². The largest absolute Gasteiger partial charge is 0.462 e. The molecule has 0 aromatic heterocycles.